The predicted octanol–water partition coefficient (Wildman–Crippen LogP) is 3.21. The van der Waals surface area contributed by atoms with E-state index in [0.717, 1.165) is 29.7 Å². The van der Waals surface area contributed by atoms with Crippen molar-refractivity contribution in [2.45, 2.75) is 25.2 Å². The average Bonchev–Trinajstić information content (AvgIpc) is 3.02. The number of rotatable bonds is 2. The fraction of sp³-hybridized carbons (Fsp3) is 0.417. The van der Waals surface area contributed by atoms with Gasteiger partial charge in [-0.1, -0.05) is 11.6 Å². The predicted molar refractivity (Wildman–Crippen MR) is 59.3 cm³/mol. The molecule has 1 fully saturated rings. The second-order valence-corrected chi connectivity index (χ2v) is 4.35. The van der Waals surface area contributed by atoms with Crippen LogP contribution in [0.3, 0.4) is 0 Å². The highest BCUT2D eigenvalue weighted by Crippen LogP contribution is 2.52. The zero-order valence-electron chi connectivity index (χ0n) is 8.80. The second-order valence-electron chi connectivity index (χ2n) is 3.94. The first-order valence-corrected chi connectivity index (χ1v) is 5.27. The summed E-state index contributed by atoms with van der Waals surface area (Å²) in [7, 11) is 1.62. The molecule has 2 rings (SSSR count). The molecule has 15 heavy (non-hydrogen) atoms. The van der Waals surface area contributed by atoms with Crippen molar-refractivity contribution in [2.75, 3.05) is 7.11 Å². The maximum atomic E-state index is 9.20. The lowest BCUT2D eigenvalue weighted by Crippen LogP contribution is -2.08. The Morgan fingerprint density at radius 2 is 2.13 bits per heavy atom. The molecule has 1 aromatic rings. The summed E-state index contributed by atoms with van der Waals surface area (Å²) in [5, 5.41) is 9.90. The van der Waals surface area contributed by atoms with E-state index in [-0.39, 0.29) is 5.41 Å². The van der Waals surface area contributed by atoms with Crippen molar-refractivity contribution in [3.8, 4) is 11.8 Å². The van der Waals surface area contributed by atoms with Gasteiger partial charge in [0.2, 0.25) is 0 Å². The monoisotopic (exact) mass is 221 g/mol. The number of nitriles is 1. The molecule has 1 saturated carbocycles. The standard InChI is InChI=1S/C12H12ClNO/c1-8-9(13)3-4-10(15-2)11(8)12(7-14)5-6-12/h3-4H,5-6H2,1-2H3. The van der Waals surface area contributed by atoms with Gasteiger partial charge in [0.1, 0.15) is 5.75 Å². The summed E-state index contributed by atoms with van der Waals surface area (Å²) in [6.07, 6.45) is 1.81. The first-order valence-electron chi connectivity index (χ1n) is 4.89. The summed E-state index contributed by atoms with van der Waals surface area (Å²) in [6, 6.07) is 6.02. The topological polar surface area (TPSA) is 33.0 Å². The van der Waals surface area contributed by atoms with E-state index in [2.05, 4.69) is 6.07 Å². The van der Waals surface area contributed by atoms with Gasteiger partial charge in [-0.15, -0.1) is 0 Å². The van der Waals surface area contributed by atoms with Gasteiger partial charge >= 0.3 is 0 Å². The SMILES string of the molecule is COc1ccc(Cl)c(C)c1C1(C#N)CC1. The summed E-state index contributed by atoms with van der Waals surface area (Å²) < 4.78 is 5.30. The molecule has 0 radical (unpaired) electrons. The average molecular weight is 222 g/mol. The highest BCUT2D eigenvalue weighted by atomic mass is 35.5. The Balaban J connectivity index is 2.63. The molecule has 0 N–H and O–H groups in total. The van der Waals surface area contributed by atoms with Crippen LogP contribution in [-0.2, 0) is 5.41 Å². The molecule has 0 atom stereocenters. The highest BCUT2D eigenvalue weighted by Gasteiger charge is 2.48. The van der Waals surface area contributed by atoms with Crippen molar-refractivity contribution in [2.24, 2.45) is 0 Å². The van der Waals surface area contributed by atoms with Gasteiger partial charge in [-0.3, -0.25) is 0 Å². The molecule has 0 aliphatic heterocycles. The normalized spacial score (nSPS) is 16.9. The quantitative estimate of drug-likeness (QED) is 0.768. The lowest BCUT2D eigenvalue weighted by Gasteiger charge is -2.16. The summed E-state index contributed by atoms with van der Waals surface area (Å²) in [4.78, 5) is 0. The Hall–Kier alpha value is -1.20. The van der Waals surface area contributed by atoms with Crippen LogP contribution in [0.1, 0.15) is 24.0 Å². The smallest absolute Gasteiger partial charge is 0.124 e. The first kappa shape index (κ1) is 10.3. The van der Waals surface area contributed by atoms with E-state index < -0.39 is 0 Å². The lowest BCUT2D eigenvalue weighted by molar-refractivity contribution is 0.407. The minimum atomic E-state index is -0.347. The maximum Gasteiger partial charge on any atom is 0.124 e. The first-order chi connectivity index (χ1) is 7.14. The van der Waals surface area contributed by atoms with E-state index in [9.17, 15) is 5.26 Å². The molecule has 2 nitrogen and oxygen atoms in total. The number of hydrogen-bond donors (Lipinski definition) is 0. The Morgan fingerprint density at radius 3 is 2.60 bits per heavy atom. The van der Waals surface area contributed by atoms with Crippen molar-refractivity contribution in [3.05, 3.63) is 28.3 Å². The molecule has 0 unspecified atom stereocenters. The fourth-order valence-corrected chi connectivity index (χ4v) is 2.13. The molecule has 0 amide bonds. The molecule has 0 aromatic heterocycles. The molecular weight excluding hydrogens is 210 g/mol. The van der Waals surface area contributed by atoms with E-state index in [1.165, 1.54) is 0 Å². The van der Waals surface area contributed by atoms with Gasteiger partial charge in [0.25, 0.3) is 0 Å². The van der Waals surface area contributed by atoms with Crippen molar-refractivity contribution in [1.29, 1.82) is 5.26 Å². The summed E-state index contributed by atoms with van der Waals surface area (Å²) >= 11 is 6.07. The third-order valence-corrected chi connectivity index (χ3v) is 3.43. The summed E-state index contributed by atoms with van der Waals surface area (Å²) in [6.45, 7) is 1.94. The van der Waals surface area contributed by atoms with Crippen LogP contribution in [0.2, 0.25) is 5.02 Å². The van der Waals surface area contributed by atoms with Gasteiger partial charge < -0.3 is 4.74 Å². The fourth-order valence-electron chi connectivity index (χ4n) is 1.97. The molecule has 0 bridgehead atoms. The molecule has 78 valence electrons. The van der Waals surface area contributed by atoms with E-state index in [1.54, 1.807) is 7.11 Å². The molecule has 1 aliphatic carbocycles. The van der Waals surface area contributed by atoms with E-state index >= 15 is 0 Å². The van der Waals surface area contributed by atoms with E-state index in [1.807, 2.05) is 19.1 Å². The third kappa shape index (κ3) is 1.48. The molecule has 3 heteroatoms. The molecule has 0 spiro atoms. The number of nitrogens with zero attached hydrogens (tertiary/aromatic N) is 1. The molecule has 0 heterocycles. The minimum absolute atomic E-state index is 0.347. The molecule has 0 saturated heterocycles. The van der Waals surface area contributed by atoms with Crippen LogP contribution in [0.4, 0.5) is 0 Å². The van der Waals surface area contributed by atoms with Crippen LogP contribution in [-0.4, -0.2) is 7.11 Å². The van der Waals surface area contributed by atoms with Crippen molar-refractivity contribution in [3.63, 3.8) is 0 Å². The zero-order chi connectivity index (χ0) is 11.1. The van der Waals surface area contributed by atoms with Crippen molar-refractivity contribution in [1.82, 2.24) is 0 Å². The second kappa shape index (κ2) is 3.43. The van der Waals surface area contributed by atoms with E-state index in [0.29, 0.717) is 5.02 Å². The zero-order valence-corrected chi connectivity index (χ0v) is 9.56. The molecule has 1 aromatic carbocycles. The number of halogens is 1. The number of benzene rings is 1. The van der Waals surface area contributed by atoms with Crippen molar-refractivity contribution >= 4 is 11.6 Å². The van der Waals surface area contributed by atoms with Crippen LogP contribution >= 0.6 is 11.6 Å². The minimum Gasteiger partial charge on any atom is -0.496 e. The number of hydrogen-bond acceptors (Lipinski definition) is 2. The number of methoxy groups -OCH3 is 1. The summed E-state index contributed by atoms with van der Waals surface area (Å²) in [5.74, 6) is 0.774. The van der Waals surface area contributed by atoms with Crippen molar-refractivity contribution < 1.29 is 4.74 Å². The van der Waals surface area contributed by atoms with Gasteiger partial charge in [0, 0.05) is 10.6 Å². The van der Waals surface area contributed by atoms with Gasteiger partial charge in [0.05, 0.1) is 18.6 Å². The third-order valence-electron chi connectivity index (χ3n) is 3.02. The van der Waals surface area contributed by atoms with Crippen LogP contribution in [0.25, 0.3) is 0 Å². The summed E-state index contributed by atoms with van der Waals surface area (Å²) in [5.41, 5.74) is 1.59. The lowest BCUT2D eigenvalue weighted by atomic mass is 9.92. The Morgan fingerprint density at radius 1 is 1.47 bits per heavy atom. The number of ether oxygens (including phenoxy) is 1. The maximum absolute atomic E-state index is 9.20. The molecular formula is C12H12ClNO. The van der Waals surface area contributed by atoms with Crippen LogP contribution in [0, 0.1) is 18.3 Å². The van der Waals surface area contributed by atoms with Crippen LogP contribution in [0.15, 0.2) is 12.1 Å². The Kier molecular flexibility index (Phi) is 2.36. The highest BCUT2D eigenvalue weighted by molar-refractivity contribution is 6.31. The van der Waals surface area contributed by atoms with Gasteiger partial charge in [-0.2, -0.15) is 5.26 Å². The Labute approximate surface area is 94.4 Å². The van der Waals surface area contributed by atoms with Gasteiger partial charge in [-0.05, 0) is 37.5 Å². The van der Waals surface area contributed by atoms with Crippen LogP contribution < -0.4 is 4.74 Å². The largest absolute Gasteiger partial charge is 0.496 e. The Bertz CT molecular complexity index is 444. The van der Waals surface area contributed by atoms with Gasteiger partial charge in [0.15, 0.2) is 0 Å². The van der Waals surface area contributed by atoms with E-state index in [4.69, 9.17) is 16.3 Å². The van der Waals surface area contributed by atoms with Crippen LogP contribution in [0.5, 0.6) is 5.75 Å². The van der Waals surface area contributed by atoms with Gasteiger partial charge in [-0.25, -0.2) is 0 Å². The molecule has 1 aliphatic rings.